The van der Waals surface area contributed by atoms with Crippen molar-refractivity contribution in [3.05, 3.63) is 29.8 Å². The lowest BCUT2D eigenvalue weighted by atomic mass is 9.77. The Kier molecular flexibility index (Phi) is 4.06. The van der Waals surface area contributed by atoms with Crippen LogP contribution in [0.4, 0.5) is 18.9 Å². The van der Waals surface area contributed by atoms with Gasteiger partial charge in [0.25, 0.3) is 0 Å². The SMILES string of the molecule is CC1(C)CCC(=NNc2ccc(C(F)(F)F)cc2)CC1. The zero-order valence-corrected chi connectivity index (χ0v) is 11.7. The Hall–Kier alpha value is -1.52. The summed E-state index contributed by atoms with van der Waals surface area (Å²) in [5.41, 5.74) is 4.23. The number of nitrogens with zero attached hydrogens (tertiary/aromatic N) is 1. The quantitative estimate of drug-likeness (QED) is 0.753. The number of hydrogen-bond donors (Lipinski definition) is 1. The van der Waals surface area contributed by atoms with Crippen LogP contribution in [-0.2, 0) is 6.18 Å². The third-order valence-corrected chi connectivity index (χ3v) is 3.74. The molecule has 1 aromatic carbocycles. The number of hydrazone groups is 1. The molecule has 0 saturated heterocycles. The van der Waals surface area contributed by atoms with Gasteiger partial charge < -0.3 is 0 Å². The molecule has 0 spiro atoms. The van der Waals surface area contributed by atoms with E-state index < -0.39 is 11.7 Å². The van der Waals surface area contributed by atoms with Crippen LogP contribution in [0.15, 0.2) is 29.4 Å². The molecular formula is C15H19F3N2. The van der Waals surface area contributed by atoms with E-state index in [-0.39, 0.29) is 0 Å². The maximum absolute atomic E-state index is 12.4. The van der Waals surface area contributed by atoms with E-state index in [1.165, 1.54) is 12.1 Å². The van der Waals surface area contributed by atoms with Gasteiger partial charge in [-0.3, -0.25) is 5.43 Å². The highest BCUT2D eigenvalue weighted by atomic mass is 19.4. The molecule has 1 N–H and O–H groups in total. The van der Waals surface area contributed by atoms with Crippen LogP contribution in [0.5, 0.6) is 0 Å². The van der Waals surface area contributed by atoms with Crippen molar-refractivity contribution < 1.29 is 13.2 Å². The molecule has 1 aliphatic rings. The van der Waals surface area contributed by atoms with E-state index in [9.17, 15) is 13.2 Å². The standard InChI is InChI=1S/C15H19F3N2/c1-14(2)9-7-13(8-10-14)20-19-12-5-3-11(4-6-12)15(16,17)18/h3-6,19H,7-10H2,1-2H3. The first kappa shape index (κ1) is 14.9. The first-order valence-corrected chi connectivity index (χ1v) is 6.75. The maximum atomic E-state index is 12.4. The highest BCUT2D eigenvalue weighted by Crippen LogP contribution is 2.34. The van der Waals surface area contributed by atoms with Gasteiger partial charge in [0, 0.05) is 5.71 Å². The smallest absolute Gasteiger partial charge is 0.279 e. The lowest BCUT2D eigenvalue weighted by Gasteiger charge is -2.29. The van der Waals surface area contributed by atoms with E-state index in [4.69, 9.17) is 0 Å². The summed E-state index contributed by atoms with van der Waals surface area (Å²) in [5.74, 6) is 0. The molecule has 1 saturated carbocycles. The van der Waals surface area contributed by atoms with Crippen LogP contribution in [0.1, 0.15) is 45.1 Å². The summed E-state index contributed by atoms with van der Waals surface area (Å²) in [6, 6.07) is 4.93. The van der Waals surface area contributed by atoms with Crippen molar-refractivity contribution in [3.8, 4) is 0 Å². The summed E-state index contributed by atoms with van der Waals surface area (Å²) >= 11 is 0. The lowest BCUT2D eigenvalue weighted by Crippen LogP contribution is -2.21. The summed E-state index contributed by atoms with van der Waals surface area (Å²) < 4.78 is 37.3. The molecule has 0 aromatic heterocycles. The number of halogens is 3. The molecule has 0 atom stereocenters. The molecule has 0 unspecified atom stereocenters. The minimum absolute atomic E-state index is 0.368. The molecular weight excluding hydrogens is 265 g/mol. The predicted molar refractivity (Wildman–Crippen MR) is 74.8 cm³/mol. The number of nitrogens with one attached hydrogen (secondary N) is 1. The van der Waals surface area contributed by atoms with Gasteiger partial charge in [0.05, 0.1) is 11.3 Å². The van der Waals surface area contributed by atoms with E-state index in [0.717, 1.165) is 43.5 Å². The Morgan fingerprint density at radius 2 is 1.60 bits per heavy atom. The molecule has 2 nitrogen and oxygen atoms in total. The van der Waals surface area contributed by atoms with E-state index >= 15 is 0 Å². The van der Waals surface area contributed by atoms with Crippen molar-refractivity contribution >= 4 is 11.4 Å². The van der Waals surface area contributed by atoms with Gasteiger partial charge in [-0.2, -0.15) is 18.3 Å². The zero-order chi connectivity index (χ0) is 14.8. The Morgan fingerprint density at radius 1 is 1.05 bits per heavy atom. The maximum Gasteiger partial charge on any atom is 0.416 e. The first-order valence-electron chi connectivity index (χ1n) is 6.75. The van der Waals surface area contributed by atoms with Crippen molar-refractivity contribution in [2.45, 2.75) is 45.7 Å². The molecule has 1 fully saturated rings. The molecule has 0 heterocycles. The van der Waals surface area contributed by atoms with E-state index in [1.807, 2.05) is 0 Å². The predicted octanol–water partition coefficient (Wildman–Crippen LogP) is 5.07. The molecule has 0 bridgehead atoms. The van der Waals surface area contributed by atoms with E-state index in [0.29, 0.717) is 11.1 Å². The Balaban J connectivity index is 1.95. The van der Waals surface area contributed by atoms with Gasteiger partial charge in [0.1, 0.15) is 0 Å². The number of benzene rings is 1. The van der Waals surface area contributed by atoms with Crippen molar-refractivity contribution in [1.82, 2.24) is 0 Å². The first-order chi connectivity index (χ1) is 9.26. The molecule has 2 rings (SSSR count). The van der Waals surface area contributed by atoms with Gasteiger partial charge >= 0.3 is 6.18 Å². The van der Waals surface area contributed by atoms with Gasteiger partial charge in [-0.05, 0) is 55.4 Å². The second-order valence-corrected chi connectivity index (χ2v) is 6.03. The third kappa shape index (κ3) is 3.99. The van der Waals surface area contributed by atoms with Gasteiger partial charge in [0.15, 0.2) is 0 Å². The molecule has 110 valence electrons. The van der Waals surface area contributed by atoms with E-state index in [1.54, 1.807) is 0 Å². The van der Waals surface area contributed by atoms with Crippen LogP contribution in [0.2, 0.25) is 0 Å². The van der Waals surface area contributed by atoms with Gasteiger partial charge in [0.2, 0.25) is 0 Å². The highest BCUT2D eigenvalue weighted by Gasteiger charge is 2.30. The van der Waals surface area contributed by atoms with Crippen LogP contribution in [0.3, 0.4) is 0 Å². The number of alkyl halides is 3. The monoisotopic (exact) mass is 284 g/mol. The minimum atomic E-state index is -4.29. The zero-order valence-electron chi connectivity index (χ0n) is 11.7. The number of hydrogen-bond acceptors (Lipinski definition) is 2. The molecule has 20 heavy (non-hydrogen) atoms. The fraction of sp³-hybridized carbons (Fsp3) is 0.533. The van der Waals surface area contributed by atoms with Crippen LogP contribution in [-0.4, -0.2) is 5.71 Å². The second kappa shape index (κ2) is 5.46. The van der Waals surface area contributed by atoms with Crippen LogP contribution >= 0.6 is 0 Å². The molecule has 0 radical (unpaired) electrons. The Morgan fingerprint density at radius 3 is 2.10 bits per heavy atom. The normalized spacial score (nSPS) is 18.8. The van der Waals surface area contributed by atoms with Crippen molar-refractivity contribution in [3.63, 3.8) is 0 Å². The van der Waals surface area contributed by atoms with Gasteiger partial charge in [-0.15, -0.1) is 0 Å². The highest BCUT2D eigenvalue weighted by molar-refractivity contribution is 5.85. The molecule has 0 aliphatic heterocycles. The number of rotatable bonds is 2. The fourth-order valence-corrected chi connectivity index (χ4v) is 2.20. The third-order valence-electron chi connectivity index (χ3n) is 3.74. The van der Waals surface area contributed by atoms with Crippen LogP contribution < -0.4 is 5.43 Å². The topological polar surface area (TPSA) is 24.4 Å². The van der Waals surface area contributed by atoms with E-state index in [2.05, 4.69) is 24.4 Å². The summed E-state index contributed by atoms with van der Waals surface area (Å²) in [6.45, 7) is 4.49. The summed E-state index contributed by atoms with van der Waals surface area (Å²) in [4.78, 5) is 0. The molecule has 1 aliphatic carbocycles. The second-order valence-electron chi connectivity index (χ2n) is 6.03. The summed E-state index contributed by atoms with van der Waals surface area (Å²) in [6.07, 6.45) is -0.207. The summed E-state index contributed by atoms with van der Waals surface area (Å²) in [7, 11) is 0. The lowest BCUT2D eigenvalue weighted by molar-refractivity contribution is -0.137. The average molecular weight is 284 g/mol. The molecule has 5 heteroatoms. The fourth-order valence-electron chi connectivity index (χ4n) is 2.20. The van der Waals surface area contributed by atoms with Gasteiger partial charge in [-0.1, -0.05) is 13.8 Å². The number of anilines is 1. The van der Waals surface area contributed by atoms with Gasteiger partial charge in [-0.25, -0.2) is 0 Å². The van der Waals surface area contributed by atoms with Crippen molar-refractivity contribution in [2.75, 3.05) is 5.43 Å². The summed E-state index contributed by atoms with van der Waals surface area (Å²) in [5, 5.41) is 4.30. The minimum Gasteiger partial charge on any atom is -0.279 e. The van der Waals surface area contributed by atoms with Crippen molar-refractivity contribution in [2.24, 2.45) is 10.5 Å². The Labute approximate surface area is 117 Å². The largest absolute Gasteiger partial charge is 0.416 e. The molecule has 0 amide bonds. The van der Waals surface area contributed by atoms with Crippen LogP contribution in [0, 0.1) is 5.41 Å². The average Bonchev–Trinajstić information content (AvgIpc) is 2.37. The van der Waals surface area contributed by atoms with Crippen LogP contribution in [0.25, 0.3) is 0 Å². The van der Waals surface area contributed by atoms with Crippen molar-refractivity contribution in [1.29, 1.82) is 0 Å². The molecule has 1 aromatic rings. The Bertz CT molecular complexity index is 475.